The van der Waals surface area contributed by atoms with Crippen LogP contribution in [0.25, 0.3) is 0 Å². The molecule has 1 unspecified atom stereocenters. The average Bonchev–Trinajstić information content (AvgIpc) is 2.17. The van der Waals surface area contributed by atoms with Gasteiger partial charge in [-0.2, -0.15) is 0 Å². The molecule has 5 heteroatoms. The number of hydrogen-bond donors (Lipinski definition) is 1. The first-order valence-electron chi connectivity index (χ1n) is 5.21. The number of pyridine rings is 1. The van der Waals surface area contributed by atoms with Crippen LogP contribution < -0.4 is 10.2 Å². The maximum Gasteiger partial charge on any atom is 0.167 e. The predicted octanol–water partition coefficient (Wildman–Crippen LogP) is 2.17. The Morgan fingerprint density at radius 1 is 1.62 bits per heavy atom. The van der Waals surface area contributed by atoms with Crippen LogP contribution in [-0.4, -0.2) is 32.2 Å². The van der Waals surface area contributed by atoms with E-state index in [2.05, 4.69) is 17.2 Å². The van der Waals surface area contributed by atoms with Crippen molar-refractivity contribution >= 4 is 17.4 Å². The Labute approximate surface area is 101 Å². The summed E-state index contributed by atoms with van der Waals surface area (Å²) < 4.78 is 13.5. The number of anilines is 1. The van der Waals surface area contributed by atoms with Gasteiger partial charge in [0.2, 0.25) is 0 Å². The Morgan fingerprint density at radius 2 is 2.31 bits per heavy atom. The van der Waals surface area contributed by atoms with Crippen molar-refractivity contribution < 1.29 is 4.39 Å². The molecule has 1 aromatic heterocycles. The summed E-state index contributed by atoms with van der Waals surface area (Å²) in [6, 6.07) is 1.28. The first-order chi connectivity index (χ1) is 7.54. The van der Waals surface area contributed by atoms with Gasteiger partial charge in [0, 0.05) is 19.8 Å². The molecule has 0 aliphatic carbocycles. The van der Waals surface area contributed by atoms with Crippen molar-refractivity contribution in [1.29, 1.82) is 0 Å². The van der Waals surface area contributed by atoms with Gasteiger partial charge in [-0.15, -0.1) is 0 Å². The third-order valence-corrected chi connectivity index (χ3v) is 2.49. The third-order valence-electron chi connectivity index (χ3n) is 2.29. The fourth-order valence-corrected chi connectivity index (χ4v) is 1.80. The van der Waals surface area contributed by atoms with Gasteiger partial charge < -0.3 is 10.2 Å². The number of nitrogens with zero attached hydrogens (tertiary/aromatic N) is 2. The van der Waals surface area contributed by atoms with E-state index in [-0.39, 0.29) is 5.82 Å². The lowest BCUT2D eigenvalue weighted by Gasteiger charge is -2.22. The van der Waals surface area contributed by atoms with Gasteiger partial charge in [0.1, 0.15) is 0 Å². The molecule has 90 valence electrons. The minimum atomic E-state index is -0.383. The molecule has 0 fully saturated rings. The quantitative estimate of drug-likeness (QED) is 0.862. The molecule has 1 N–H and O–H groups in total. The number of halogens is 2. The predicted molar refractivity (Wildman–Crippen MR) is 65.6 cm³/mol. The van der Waals surface area contributed by atoms with Crippen molar-refractivity contribution in [1.82, 2.24) is 10.3 Å². The highest BCUT2D eigenvalue weighted by molar-refractivity contribution is 6.30. The van der Waals surface area contributed by atoms with Crippen molar-refractivity contribution in [3.63, 3.8) is 0 Å². The number of rotatable bonds is 5. The molecule has 0 bridgehead atoms. The van der Waals surface area contributed by atoms with Crippen LogP contribution >= 0.6 is 11.6 Å². The molecular formula is C11H17ClFN3. The molecule has 0 spiro atoms. The van der Waals surface area contributed by atoms with Crippen molar-refractivity contribution in [3.05, 3.63) is 23.1 Å². The lowest BCUT2D eigenvalue weighted by molar-refractivity contribution is 0.532. The van der Waals surface area contributed by atoms with Crippen molar-refractivity contribution in [2.45, 2.75) is 6.92 Å². The zero-order chi connectivity index (χ0) is 12.1. The standard InChI is InChI=1S/C11H17ClFN3/c1-8(5-14-2)7-16(3)11-10(13)4-9(12)6-15-11/h4,6,8,14H,5,7H2,1-3H3. The van der Waals surface area contributed by atoms with Crippen LogP contribution in [0.5, 0.6) is 0 Å². The summed E-state index contributed by atoms with van der Waals surface area (Å²) in [5.41, 5.74) is 0. The number of hydrogen-bond acceptors (Lipinski definition) is 3. The first-order valence-corrected chi connectivity index (χ1v) is 5.59. The fourth-order valence-electron chi connectivity index (χ4n) is 1.66. The van der Waals surface area contributed by atoms with E-state index in [0.29, 0.717) is 16.8 Å². The van der Waals surface area contributed by atoms with E-state index in [4.69, 9.17) is 11.6 Å². The minimum absolute atomic E-state index is 0.318. The van der Waals surface area contributed by atoms with Gasteiger partial charge in [-0.1, -0.05) is 18.5 Å². The molecule has 0 saturated carbocycles. The summed E-state index contributed by atoms with van der Waals surface area (Å²) in [7, 11) is 3.73. The highest BCUT2D eigenvalue weighted by atomic mass is 35.5. The topological polar surface area (TPSA) is 28.2 Å². The van der Waals surface area contributed by atoms with Crippen LogP contribution in [0.15, 0.2) is 12.3 Å². The molecule has 0 radical (unpaired) electrons. The molecule has 0 aliphatic heterocycles. The van der Waals surface area contributed by atoms with Crippen molar-refractivity contribution in [2.75, 3.05) is 32.1 Å². The van der Waals surface area contributed by atoms with Gasteiger partial charge in [-0.25, -0.2) is 9.37 Å². The normalized spacial score (nSPS) is 12.6. The van der Waals surface area contributed by atoms with Gasteiger partial charge in [0.15, 0.2) is 11.6 Å². The molecule has 0 amide bonds. The van der Waals surface area contributed by atoms with E-state index in [1.807, 2.05) is 14.1 Å². The lowest BCUT2D eigenvalue weighted by Crippen LogP contribution is -2.30. The number of aromatic nitrogens is 1. The van der Waals surface area contributed by atoms with E-state index in [1.54, 1.807) is 4.90 Å². The highest BCUT2D eigenvalue weighted by Crippen LogP contribution is 2.19. The molecular weight excluding hydrogens is 229 g/mol. The van der Waals surface area contributed by atoms with Crippen LogP contribution in [0.1, 0.15) is 6.92 Å². The summed E-state index contributed by atoms with van der Waals surface area (Å²) in [5, 5.41) is 3.40. The zero-order valence-electron chi connectivity index (χ0n) is 9.80. The van der Waals surface area contributed by atoms with E-state index >= 15 is 0 Å². The molecule has 0 aliphatic rings. The summed E-state index contributed by atoms with van der Waals surface area (Å²) in [6.07, 6.45) is 1.46. The summed E-state index contributed by atoms with van der Waals surface area (Å²) in [5.74, 6) is 0.380. The first kappa shape index (κ1) is 13.2. The highest BCUT2D eigenvalue weighted by Gasteiger charge is 2.12. The SMILES string of the molecule is CNCC(C)CN(C)c1ncc(Cl)cc1F. The summed E-state index contributed by atoms with van der Waals surface area (Å²) >= 11 is 5.65. The second-order valence-corrected chi connectivity index (χ2v) is 4.44. The van der Waals surface area contributed by atoms with Crippen LogP contribution in [0.3, 0.4) is 0 Å². The number of nitrogens with one attached hydrogen (secondary N) is 1. The Kier molecular flexibility index (Phi) is 4.96. The maximum absolute atomic E-state index is 13.5. The molecule has 0 saturated heterocycles. The Morgan fingerprint density at radius 3 is 2.88 bits per heavy atom. The Bertz CT molecular complexity index is 346. The second kappa shape index (κ2) is 6.01. The maximum atomic E-state index is 13.5. The second-order valence-electron chi connectivity index (χ2n) is 4.00. The smallest absolute Gasteiger partial charge is 0.167 e. The van der Waals surface area contributed by atoms with Gasteiger partial charge in [0.05, 0.1) is 5.02 Å². The van der Waals surface area contributed by atoms with Crippen LogP contribution in [0.2, 0.25) is 5.02 Å². The van der Waals surface area contributed by atoms with Gasteiger partial charge in [-0.3, -0.25) is 0 Å². The van der Waals surface area contributed by atoms with Crippen LogP contribution in [-0.2, 0) is 0 Å². The minimum Gasteiger partial charge on any atom is -0.357 e. The van der Waals surface area contributed by atoms with Gasteiger partial charge in [0.25, 0.3) is 0 Å². The summed E-state index contributed by atoms with van der Waals surface area (Å²) in [6.45, 7) is 3.73. The van der Waals surface area contributed by atoms with Crippen molar-refractivity contribution in [3.8, 4) is 0 Å². The van der Waals surface area contributed by atoms with Crippen LogP contribution in [0.4, 0.5) is 10.2 Å². The summed E-state index contributed by atoms with van der Waals surface area (Å²) in [4.78, 5) is 5.79. The Hall–Kier alpha value is -0.870. The average molecular weight is 246 g/mol. The fraction of sp³-hybridized carbons (Fsp3) is 0.545. The molecule has 1 aromatic rings. The van der Waals surface area contributed by atoms with Crippen molar-refractivity contribution in [2.24, 2.45) is 5.92 Å². The van der Waals surface area contributed by atoms with Crippen LogP contribution in [0, 0.1) is 11.7 Å². The van der Waals surface area contributed by atoms with E-state index < -0.39 is 0 Å². The van der Waals surface area contributed by atoms with E-state index in [0.717, 1.165) is 13.1 Å². The van der Waals surface area contributed by atoms with E-state index in [9.17, 15) is 4.39 Å². The van der Waals surface area contributed by atoms with E-state index in [1.165, 1.54) is 12.3 Å². The third kappa shape index (κ3) is 3.61. The lowest BCUT2D eigenvalue weighted by atomic mass is 10.1. The van der Waals surface area contributed by atoms with Gasteiger partial charge >= 0.3 is 0 Å². The molecule has 1 heterocycles. The van der Waals surface area contributed by atoms with Gasteiger partial charge in [-0.05, 0) is 25.6 Å². The molecule has 16 heavy (non-hydrogen) atoms. The molecule has 3 nitrogen and oxygen atoms in total. The zero-order valence-corrected chi connectivity index (χ0v) is 10.6. The molecule has 1 rings (SSSR count). The monoisotopic (exact) mass is 245 g/mol. The largest absolute Gasteiger partial charge is 0.357 e. The Balaban J connectivity index is 2.69. The molecule has 0 aromatic carbocycles. The molecule has 1 atom stereocenters.